The number of nitro groups is 1. The maximum Gasteiger partial charge on any atom is 0.269 e. The molecular weight excluding hydrogens is 448 g/mol. The van der Waals surface area contributed by atoms with E-state index in [2.05, 4.69) is 6.07 Å². The minimum Gasteiger partial charge on any atom is -0.493 e. The van der Waals surface area contributed by atoms with Gasteiger partial charge in [0, 0.05) is 35.9 Å². The van der Waals surface area contributed by atoms with E-state index in [9.17, 15) is 20.2 Å². The van der Waals surface area contributed by atoms with Crippen LogP contribution in [0.25, 0.3) is 0 Å². The number of hydrogen-bond acceptors (Lipinski definition) is 8. The van der Waals surface area contributed by atoms with Crippen LogP contribution in [-0.4, -0.2) is 24.9 Å². The lowest BCUT2D eigenvalue weighted by atomic mass is 9.68. The highest BCUT2D eigenvalue weighted by molar-refractivity contribution is 6.01. The fourth-order valence-electron chi connectivity index (χ4n) is 4.89. The van der Waals surface area contributed by atoms with Crippen molar-refractivity contribution in [1.29, 1.82) is 5.26 Å². The van der Waals surface area contributed by atoms with Gasteiger partial charge in [0.15, 0.2) is 17.3 Å². The molecule has 180 valence electrons. The summed E-state index contributed by atoms with van der Waals surface area (Å²) in [5, 5.41) is 21.3. The van der Waals surface area contributed by atoms with Gasteiger partial charge in [-0.05, 0) is 29.5 Å². The minimum atomic E-state index is -0.712. The maximum atomic E-state index is 13.6. The summed E-state index contributed by atoms with van der Waals surface area (Å²) in [7, 11) is 3.07. The van der Waals surface area contributed by atoms with Crippen LogP contribution in [-0.2, 0) is 4.79 Å². The number of ketones is 1. The van der Waals surface area contributed by atoms with Crippen molar-refractivity contribution in [2.75, 3.05) is 19.1 Å². The fourth-order valence-corrected chi connectivity index (χ4v) is 4.89. The third kappa shape index (κ3) is 4.08. The van der Waals surface area contributed by atoms with Crippen molar-refractivity contribution in [2.45, 2.75) is 32.6 Å². The van der Waals surface area contributed by atoms with E-state index in [1.807, 2.05) is 13.8 Å². The van der Waals surface area contributed by atoms with Crippen molar-refractivity contribution in [2.24, 2.45) is 11.1 Å². The number of carbonyl (C=O) groups excluding carboxylic acids is 1. The zero-order chi connectivity index (χ0) is 25.5. The quantitative estimate of drug-likeness (QED) is 0.493. The summed E-state index contributed by atoms with van der Waals surface area (Å²) in [4.78, 5) is 26.0. The first kappa shape index (κ1) is 23.8. The lowest BCUT2D eigenvalue weighted by Crippen LogP contribution is -2.42. The third-order valence-electron chi connectivity index (χ3n) is 6.44. The van der Waals surface area contributed by atoms with Crippen LogP contribution in [0.5, 0.6) is 11.5 Å². The standard InChI is InChI=1S/C26H26N4O5/c1-26(2)12-19-24(20(31)13-26)23(15-5-7-16(8-6-15)30(32)33)18(14-27)25(28)29(19)17-9-10-21(34-3)22(11-17)35-4/h5-11,23H,12-13,28H2,1-4H3. The summed E-state index contributed by atoms with van der Waals surface area (Å²) < 4.78 is 10.8. The van der Waals surface area contributed by atoms with Gasteiger partial charge in [-0.15, -0.1) is 0 Å². The molecule has 2 aromatic rings. The molecule has 9 heteroatoms. The monoisotopic (exact) mass is 474 g/mol. The van der Waals surface area contributed by atoms with Crippen LogP contribution < -0.4 is 20.1 Å². The molecule has 0 radical (unpaired) electrons. The van der Waals surface area contributed by atoms with Crippen LogP contribution in [0.1, 0.15) is 38.2 Å². The highest BCUT2D eigenvalue weighted by atomic mass is 16.6. The zero-order valence-corrected chi connectivity index (χ0v) is 20.0. The largest absolute Gasteiger partial charge is 0.493 e. The van der Waals surface area contributed by atoms with Gasteiger partial charge in [-0.1, -0.05) is 26.0 Å². The van der Waals surface area contributed by atoms with Crippen molar-refractivity contribution in [3.63, 3.8) is 0 Å². The van der Waals surface area contributed by atoms with Crippen LogP contribution in [0.4, 0.5) is 11.4 Å². The van der Waals surface area contributed by atoms with Crippen molar-refractivity contribution in [3.8, 4) is 17.6 Å². The van der Waals surface area contributed by atoms with Crippen LogP contribution in [0.3, 0.4) is 0 Å². The van der Waals surface area contributed by atoms with Gasteiger partial charge in [0.1, 0.15) is 5.82 Å². The van der Waals surface area contributed by atoms with E-state index in [-0.39, 0.29) is 28.3 Å². The Morgan fingerprint density at radius 2 is 1.77 bits per heavy atom. The fraction of sp³-hybridized carbons (Fsp3) is 0.308. The number of nitrogens with two attached hydrogens (primary N) is 1. The molecule has 35 heavy (non-hydrogen) atoms. The van der Waals surface area contributed by atoms with Gasteiger partial charge in [-0.3, -0.25) is 19.8 Å². The number of nitrogens with zero attached hydrogens (tertiary/aromatic N) is 3. The molecule has 0 spiro atoms. The van der Waals surface area contributed by atoms with Gasteiger partial charge in [-0.2, -0.15) is 5.26 Å². The Bertz CT molecular complexity index is 1320. The molecule has 0 saturated carbocycles. The predicted octanol–water partition coefficient (Wildman–Crippen LogP) is 4.55. The molecule has 0 aromatic heterocycles. The number of allylic oxidation sites excluding steroid dienone is 3. The average molecular weight is 475 g/mol. The van der Waals surface area contributed by atoms with Crippen molar-refractivity contribution in [1.82, 2.24) is 0 Å². The number of rotatable bonds is 5. The first-order valence-corrected chi connectivity index (χ1v) is 11.0. The van der Waals surface area contributed by atoms with Gasteiger partial charge in [0.2, 0.25) is 0 Å². The summed E-state index contributed by atoms with van der Waals surface area (Å²) in [6.45, 7) is 4.03. The molecular formula is C26H26N4O5. The molecule has 1 aliphatic heterocycles. The van der Waals surface area contributed by atoms with E-state index >= 15 is 0 Å². The first-order chi connectivity index (χ1) is 16.6. The Morgan fingerprint density at radius 1 is 1.11 bits per heavy atom. The molecule has 1 atom stereocenters. The average Bonchev–Trinajstić information content (AvgIpc) is 2.82. The second kappa shape index (κ2) is 8.80. The molecule has 2 N–H and O–H groups in total. The summed E-state index contributed by atoms with van der Waals surface area (Å²) in [5.41, 5.74) is 8.87. The molecule has 0 saturated heterocycles. The Hall–Kier alpha value is -4.32. The number of methoxy groups -OCH3 is 2. The third-order valence-corrected chi connectivity index (χ3v) is 6.44. The number of ether oxygens (including phenoxy) is 2. The number of carbonyl (C=O) groups is 1. The Labute approximate surface area is 203 Å². The van der Waals surface area contributed by atoms with E-state index < -0.39 is 10.8 Å². The maximum absolute atomic E-state index is 13.6. The SMILES string of the molecule is COc1ccc(N2C(N)=C(C#N)C(c3ccc([N+](=O)[O-])cc3)C3=C2CC(C)(C)CC3=O)cc1OC. The van der Waals surface area contributed by atoms with E-state index in [0.717, 1.165) is 0 Å². The summed E-state index contributed by atoms with van der Waals surface area (Å²) >= 11 is 0. The molecule has 2 aromatic carbocycles. The highest BCUT2D eigenvalue weighted by Crippen LogP contribution is 2.50. The Morgan fingerprint density at radius 3 is 2.34 bits per heavy atom. The van der Waals surface area contributed by atoms with Gasteiger partial charge >= 0.3 is 0 Å². The minimum absolute atomic E-state index is 0.0720. The molecule has 1 heterocycles. The number of nitriles is 1. The number of Topliss-reactive ketones (excluding diaryl/α,β-unsaturated/α-hetero) is 1. The number of anilines is 1. The number of hydrogen-bond donors (Lipinski definition) is 1. The van der Waals surface area contributed by atoms with Crippen molar-refractivity contribution < 1.29 is 19.2 Å². The lowest BCUT2D eigenvalue weighted by molar-refractivity contribution is -0.384. The van der Waals surface area contributed by atoms with E-state index in [4.69, 9.17) is 15.2 Å². The van der Waals surface area contributed by atoms with E-state index in [0.29, 0.717) is 46.9 Å². The second-order valence-corrected chi connectivity index (χ2v) is 9.37. The second-order valence-electron chi connectivity index (χ2n) is 9.37. The first-order valence-electron chi connectivity index (χ1n) is 11.0. The number of nitro benzene ring substituents is 1. The molecule has 0 bridgehead atoms. The van der Waals surface area contributed by atoms with E-state index in [1.165, 1.54) is 26.4 Å². The molecule has 1 aliphatic carbocycles. The number of benzene rings is 2. The molecule has 1 unspecified atom stereocenters. The normalized spacial score (nSPS) is 19.2. The van der Waals surface area contributed by atoms with Crippen LogP contribution in [0.15, 0.2) is 65.1 Å². The predicted molar refractivity (Wildman–Crippen MR) is 130 cm³/mol. The summed E-state index contributed by atoms with van der Waals surface area (Å²) in [6.07, 6.45) is 0.860. The van der Waals surface area contributed by atoms with Gasteiger partial charge < -0.3 is 15.2 Å². The van der Waals surface area contributed by atoms with Crippen LogP contribution in [0, 0.1) is 26.9 Å². The summed E-state index contributed by atoms with van der Waals surface area (Å²) in [5.74, 6) is 0.431. The van der Waals surface area contributed by atoms with Crippen LogP contribution in [0.2, 0.25) is 0 Å². The Kier molecular flexibility index (Phi) is 5.99. The molecule has 4 rings (SSSR count). The van der Waals surface area contributed by atoms with Gasteiger partial charge in [0.05, 0.1) is 42.4 Å². The van der Waals surface area contributed by atoms with Crippen molar-refractivity contribution >= 4 is 17.2 Å². The van der Waals surface area contributed by atoms with E-state index in [1.54, 1.807) is 35.2 Å². The summed E-state index contributed by atoms with van der Waals surface area (Å²) in [6, 6.07) is 13.4. The topological polar surface area (TPSA) is 132 Å². The number of non-ortho nitro benzene ring substituents is 1. The Balaban J connectivity index is 1.96. The zero-order valence-electron chi connectivity index (χ0n) is 20.0. The van der Waals surface area contributed by atoms with Gasteiger partial charge in [-0.25, -0.2) is 0 Å². The van der Waals surface area contributed by atoms with Crippen molar-refractivity contribution in [3.05, 3.63) is 80.8 Å². The van der Waals surface area contributed by atoms with Crippen LogP contribution >= 0.6 is 0 Å². The molecule has 0 fully saturated rings. The highest BCUT2D eigenvalue weighted by Gasteiger charge is 2.44. The van der Waals surface area contributed by atoms with Gasteiger partial charge in [0.25, 0.3) is 5.69 Å². The molecule has 2 aliphatic rings. The smallest absolute Gasteiger partial charge is 0.269 e. The lowest BCUT2D eigenvalue weighted by Gasteiger charge is -2.43. The molecule has 9 nitrogen and oxygen atoms in total. The molecule has 0 amide bonds.